The molecular weight excluding hydrogens is 621 g/mol. The maximum atomic E-state index is 11.3. The van der Waals surface area contributed by atoms with Crippen LogP contribution < -0.4 is 5.32 Å². The quantitative estimate of drug-likeness (QED) is 0.0871. The highest BCUT2D eigenvalue weighted by Crippen LogP contribution is 2.32. The van der Waals surface area contributed by atoms with E-state index in [0.29, 0.717) is 35.2 Å². The smallest absolute Gasteiger partial charge is 0.293 e. The fourth-order valence-corrected chi connectivity index (χ4v) is 5.76. The lowest BCUT2D eigenvalue weighted by Gasteiger charge is -2.07. The normalized spacial score (nSPS) is 11.2. The molecule has 3 aromatic heterocycles. The standard InChI is InChI=1S/C18H17N3OS.C16H15N3O3S/c1-12-19-15-11-13(7-8-16(15)21(12)9-10-23-2)18-20-14-5-3-4-6-17(14)22-18;1-23-9-8-17-12-7-6-11(10-14(12)19(20)21)16-18-13-4-2-3-5-15(13)22-16/h3-8,11H,9-10H2,1-2H3;2-7,10,17H,8-9H2,1H3. The van der Waals surface area contributed by atoms with Crippen molar-refractivity contribution in [2.45, 2.75) is 13.5 Å². The Morgan fingerprint density at radius 3 is 2.00 bits per heavy atom. The Morgan fingerprint density at radius 1 is 0.783 bits per heavy atom. The van der Waals surface area contributed by atoms with Crippen molar-refractivity contribution in [2.24, 2.45) is 0 Å². The Bertz CT molecular complexity index is 2070. The third kappa shape index (κ3) is 6.73. The summed E-state index contributed by atoms with van der Waals surface area (Å²) in [5.41, 5.74) is 7.30. The minimum absolute atomic E-state index is 0.0193. The van der Waals surface area contributed by atoms with Gasteiger partial charge in [-0.25, -0.2) is 15.0 Å². The van der Waals surface area contributed by atoms with E-state index in [1.807, 2.05) is 66.5 Å². The molecule has 234 valence electrons. The lowest BCUT2D eigenvalue weighted by Crippen LogP contribution is -2.06. The molecule has 7 aromatic rings. The Labute approximate surface area is 273 Å². The zero-order chi connectivity index (χ0) is 32.0. The average Bonchev–Trinajstić information content (AvgIpc) is 3.78. The zero-order valence-electron chi connectivity index (χ0n) is 25.6. The minimum atomic E-state index is -0.395. The van der Waals surface area contributed by atoms with Gasteiger partial charge in [0.1, 0.15) is 22.5 Å². The van der Waals surface area contributed by atoms with Crippen molar-refractivity contribution >= 4 is 68.1 Å². The summed E-state index contributed by atoms with van der Waals surface area (Å²) in [7, 11) is 0. The van der Waals surface area contributed by atoms with Gasteiger partial charge in [0.25, 0.3) is 5.69 Å². The van der Waals surface area contributed by atoms with Gasteiger partial charge in [0.05, 0.1) is 16.0 Å². The SMILES string of the molecule is CSCCNc1ccc(-c2nc3ccccc3o2)cc1[N+](=O)[O-].CSCCn1c(C)nc2cc(-c3nc4ccccc4o3)ccc21. The largest absolute Gasteiger partial charge is 0.436 e. The van der Waals surface area contributed by atoms with Crippen LogP contribution in [-0.2, 0) is 6.54 Å². The number of fused-ring (bicyclic) bond motifs is 3. The number of aromatic nitrogens is 4. The number of hydrogen-bond acceptors (Lipinski definition) is 10. The number of anilines is 1. The molecular formula is C34H32N6O4S2. The highest BCUT2D eigenvalue weighted by molar-refractivity contribution is 7.98. The number of aryl methyl sites for hydroxylation is 2. The number of oxazole rings is 2. The summed E-state index contributed by atoms with van der Waals surface area (Å²) >= 11 is 3.53. The van der Waals surface area contributed by atoms with Crippen LogP contribution in [0.5, 0.6) is 0 Å². The first-order chi connectivity index (χ1) is 22.4. The van der Waals surface area contributed by atoms with E-state index < -0.39 is 4.92 Å². The molecule has 0 fully saturated rings. The second-order valence-corrected chi connectivity index (χ2v) is 12.4. The van der Waals surface area contributed by atoms with Gasteiger partial charge in [-0.1, -0.05) is 24.3 Å². The first kappa shape index (κ1) is 31.2. The molecule has 0 atom stereocenters. The number of benzene rings is 4. The van der Waals surface area contributed by atoms with Crippen molar-refractivity contribution in [2.75, 3.05) is 35.9 Å². The molecule has 46 heavy (non-hydrogen) atoms. The Kier molecular flexibility index (Phi) is 9.55. The fourth-order valence-electron chi connectivity index (χ4n) is 5.09. The van der Waals surface area contributed by atoms with Crippen LogP contribution in [0.4, 0.5) is 11.4 Å². The molecule has 12 heteroatoms. The summed E-state index contributed by atoms with van der Waals surface area (Å²) in [6, 6.07) is 26.4. The van der Waals surface area contributed by atoms with Crippen LogP contribution in [0.1, 0.15) is 5.82 Å². The van der Waals surface area contributed by atoms with Crippen molar-refractivity contribution in [3.63, 3.8) is 0 Å². The van der Waals surface area contributed by atoms with Gasteiger partial charge in [0, 0.05) is 41.8 Å². The Morgan fingerprint density at radius 2 is 1.39 bits per heavy atom. The van der Waals surface area contributed by atoms with Crippen molar-refractivity contribution in [3.05, 3.63) is 101 Å². The van der Waals surface area contributed by atoms with E-state index in [0.717, 1.165) is 57.1 Å². The molecule has 7 rings (SSSR count). The van der Waals surface area contributed by atoms with Crippen LogP contribution in [0.15, 0.2) is 93.8 Å². The maximum Gasteiger partial charge on any atom is 0.293 e. The summed E-state index contributed by atoms with van der Waals surface area (Å²) < 4.78 is 13.8. The zero-order valence-corrected chi connectivity index (χ0v) is 27.2. The molecule has 0 amide bonds. The maximum absolute atomic E-state index is 11.3. The summed E-state index contributed by atoms with van der Waals surface area (Å²) in [5.74, 6) is 4.03. The topological polar surface area (TPSA) is 125 Å². The van der Waals surface area contributed by atoms with E-state index in [9.17, 15) is 10.1 Å². The predicted octanol–water partition coefficient (Wildman–Crippen LogP) is 8.69. The van der Waals surface area contributed by atoms with Gasteiger partial charge in [-0.2, -0.15) is 23.5 Å². The van der Waals surface area contributed by atoms with Gasteiger partial charge in [-0.05, 0) is 74.0 Å². The summed E-state index contributed by atoms with van der Waals surface area (Å²) in [6.45, 7) is 3.70. The van der Waals surface area contributed by atoms with Crippen molar-refractivity contribution < 1.29 is 13.8 Å². The van der Waals surface area contributed by atoms with Gasteiger partial charge in [0.15, 0.2) is 11.2 Å². The van der Waals surface area contributed by atoms with Crippen LogP contribution in [-0.4, -0.2) is 55.0 Å². The molecule has 0 spiro atoms. The molecule has 0 radical (unpaired) electrons. The van der Waals surface area contributed by atoms with E-state index in [2.05, 4.69) is 51.2 Å². The number of nitrogens with zero attached hydrogens (tertiary/aromatic N) is 5. The van der Waals surface area contributed by atoms with Crippen molar-refractivity contribution in [3.8, 4) is 22.9 Å². The molecule has 0 bridgehead atoms. The predicted molar refractivity (Wildman–Crippen MR) is 189 cm³/mol. The van der Waals surface area contributed by atoms with Crippen LogP contribution in [0.2, 0.25) is 0 Å². The first-order valence-corrected chi connectivity index (χ1v) is 17.4. The molecule has 0 aliphatic carbocycles. The third-order valence-corrected chi connectivity index (χ3v) is 8.56. The lowest BCUT2D eigenvalue weighted by atomic mass is 10.1. The number of para-hydroxylation sites is 4. The second kappa shape index (κ2) is 14.1. The fraction of sp³-hybridized carbons (Fsp3) is 0.206. The third-order valence-electron chi connectivity index (χ3n) is 7.36. The van der Waals surface area contributed by atoms with Gasteiger partial charge in [0.2, 0.25) is 11.8 Å². The van der Waals surface area contributed by atoms with Crippen molar-refractivity contribution in [1.82, 2.24) is 19.5 Å². The monoisotopic (exact) mass is 652 g/mol. The van der Waals surface area contributed by atoms with Gasteiger partial charge in [-0.15, -0.1) is 0 Å². The van der Waals surface area contributed by atoms with E-state index in [-0.39, 0.29) is 5.69 Å². The van der Waals surface area contributed by atoms with E-state index in [4.69, 9.17) is 13.8 Å². The number of thioether (sulfide) groups is 2. The van der Waals surface area contributed by atoms with Crippen LogP contribution in [0.25, 0.3) is 56.1 Å². The Balaban J connectivity index is 0.000000162. The van der Waals surface area contributed by atoms with Crippen LogP contribution in [0.3, 0.4) is 0 Å². The number of hydrogen-bond donors (Lipinski definition) is 1. The van der Waals surface area contributed by atoms with E-state index >= 15 is 0 Å². The molecule has 3 heterocycles. The summed E-state index contributed by atoms with van der Waals surface area (Å²) in [5, 5.41) is 14.4. The Hall–Kier alpha value is -4.81. The van der Waals surface area contributed by atoms with Gasteiger partial charge < -0.3 is 18.7 Å². The first-order valence-electron chi connectivity index (χ1n) is 14.6. The molecule has 4 aromatic carbocycles. The highest BCUT2D eigenvalue weighted by atomic mass is 32.2. The van der Waals surface area contributed by atoms with Crippen molar-refractivity contribution in [1.29, 1.82) is 0 Å². The summed E-state index contributed by atoms with van der Waals surface area (Å²) in [4.78, 5) is 24.6. The number of rotatable bonds is 10. The van der Waals surface area contributed by atoms with Gasteiger partial charge >= 0.3 is 0 Å². The number of nitro benzene ring substituents is 1. The number of nitro groups is 1. The lowest BCUT2D eigenvalue weighted by molar-refractivity contribution is -0.383. The van der Waals surface area contributed by atoms with E-state index in [1.165, 1.54) is 6.07 Å². The van der Waals surface area contributed by atoms with Gasteiger partial charge in [-0.3, -0.25) is 10.1 Å². The van der Waals surface area contributed by atoms with Crippen LogP contribution >= 0.6 is 23.5 Å². The minimum Gasteiger partial charge on any atom is -0.436 e. The molecule has 0 aliphatic rings. The molecule has 0 unspecified atom stereocenters. The molecule has 10 nitrogen and oxygen atoms in total. The molecule has 0 saturated heterocycles. The molecule has 0 saturated carbocycles. The summed E-state index contributed by atoms with van der Waals surface area (Å²) in [6.07, 6.45) is 4.12. The van der Waals surface area contributed by atoms with Crippen LogP contribution in [0, 0.1) is 17.0 Å². The number of imidazole rings is 1. The highest BCUT2D eigenvalue weighted by Gasteiger charge is 2.18. The van der Waals surface area contributed by atoms with E-state index in [1.54, 1.807) is 23.9 Å². The second-order valence-electron chi connectivity index (χ2n) is 10.4. The average molecular weight is 653 g/mol. The molecule has 0 aliphatic heterocycles. The molecule has 1 N–H and O–H groups in total. The number of nitrogens with one attached hydrogen (secondary N) is 1.